The molecule has 0 spiro atoms. The van der Waals surface area contributed by atoms with Crippen LogP contribution in [-0.2, 0) is 6.54 Å². The van der Waals surface area contributed by atoms with E-state index in [4.69, 9.17) is 9.63 Å². The van der Waals surface area contributed by atoms with Crippen LogP contribution in [-0.4, -0.2) is 51.1 Å². The Morgan fingerprint density at radius 1 is 1.33 bits per heavy atom. The summed E-state index contributed by atoms with van der Waals surface area (Å²) >= 11 is 0. The van der Waals surface area contributed by atoms with Crippen LogP contribution in [0.15, 0.2) is 47.5 Å². The molecule has 0 fully saturated rings. The highest BCUT2D eigenvalue weighted by molar-refractivity contribution is 5.53. The maximum Gasteiger partial charge on any atom is 0.241 e. The quantitative estimate of drug-likeness (QED) is 0.708. The Morgan fingerprint density at radius 3 is 2.76 bits per heavy atom. The molecule has 0 amide bonds. The molecule has 2 N–H and O–H groups in total. The van der Waals surface area contributed by atoms with Gasteiger partial charge in [0.2, 0.25) is 11.7 Å². The molecule has 0 aliphatic rings. The molecule has 2 rings (SSSR count). The van der Waals surface area contributed by atoms with Crippen LogP contribution < -0.4 is 0 Å². The molecule has 0 unspecified atom stereocenters. The molecule has 2 aromatic rings. The van der Waals surface area contributed by atoms with Gasteiger partial charge in [-0.1, -0.05) is 41.6 Å². The van der Waals surface area contributed by atoms with Crippen molar-refractivity contribution < 1.29 is 14.7 Å². The number of hydrogen-bond donors (Lipinski definition) is 2. The Bertz CT molecular complexity index is 556. The van der Waals surface area contributed by atoms with E-state index in [0.29, 0.717) is 31.3 Å². The standard InChI is InChI=1S/C15H19N3O3/c1-2-8-18(9-13(20)11-19)10-14-16-15(17-21-14)12-6-4-3-5-7-12/h2-7,13,19-20H,1,8-11H2/t13-/m0/s1. The van der Waals surface area contributed by atoms with E-state index in [1.165, 1.54) is 0 Å². The van der Waals surface area contributed by atoms with Gasteiger partial charge >= 0.3 is 0 Å². The Labute approximate surface area is 123 Å². The molecule has 1 aromatic carbocycles. The Kier molecular flexibility index (Phi) is 5.62. The van der Waals surface area contributed by atoms with Gasteiger partial charge in [0.25, 0.3) is 0 Å². The van der Waals surface area contributed by atoms with E-state index < -0.39 is 6.10 Å². The van der Waals surface area contributed by atoms with Gasteiger partial charge in [0.1, 0.15) is 0 Å². The highest BCUT2D eigenvalue weighted by Gasteiger charge is 2.15. The molecular formula is C15H19N3O3. The van der Waals surface area contributed by atoms with Gasteiger partial charge in [0, 0.05) is 18.7 Å². The van der Waals surface area contributed by atoms with Gasteiger partial charge in [0.05, 0.1) is 19.3 Å². The number of aliphatic hydroxyl groups is 2. The van der Waals surface area contributed by atoms with Crippen molar-refractivity contribution in [3.05, 3.63) is 48.9 Å². The number of aromatic nitrogens is 2. The summed E-state index contributed by atoms with van der Waals surface area (Å²) in [6, 6.07) is 9.56. The van der Waals surface area contributed by atoms with Crippen LogP contribution in [0.1, 0.15) is 5.89 Å². The minimum Gasteiger partial charge on any atom is -0.394 e. The first-order valence-electron chi connectivity index (χ1n) is 6.73. The van der Waals surface area contributed by atoms with Crippen molar-refractivity contribution in [2.24, 2.45) is 0 Å². The zero-order valence-electron chi connectivity index (χ0n) is 11.7. The van der Waals surface area contributed by atoms with E-state index in [-0.39, 0.29) is 6.61 Å². The minimum atomic E-state index is -0.804. The maximum absolute atomic E-state index is 9.52. The number of aliphatic hydroxyl groups excluding tert-OH is 2. The van der Waals surface area contributed by atoms with Gasteiger partial charge in [-0.05, 0) is 0 Å². The van der Waals surface area contributed by atoms with E-state index in [2.05, 4.69) is 16.7 Å². The molecular weight excluding hydrogens is 270 g/mol. The van der Waals surface area contributed by atoms with E-state index in [1.54, 1.807) is 6.08 Å². The van der Waals surface area contributed by atoms with Crippen LogP contribution >= 0.6 is 0 Å². The van der Waals surface area contributed by atoms with Gasteiger partial charge in [-0.25, -0.2) is 0 Å². The lowest BCUT2D eigenvalue weighted by Crippen LogP contribution is -2.34. The summed E-state index contributed by atoms with van der Waals surface area (Å²) in [5, 5.41) is 22.4. The van der Waals surface area contributed by atoms with Gasteiger partial charge in [-0.2, -0.15) is 4.98 Å². The third-order valence-electron chi connectivity index (χ3n) is 2.93. The molecule has 0 bridgehead atoms. The van der Waals surface area contributed by atoms with Gasteiger partial charge in [-0.15, -0.1) is 6.58 Å². The predicted octanol–water partition coefficient (Wildman–Crippen LogP) is 1.08. The van der Waals surface area contributed by atoms with Crippen molar-refractivity contribution in [1.82, 2.24) is 15.0 Å². The van der Waals surface area contributed by atoms with Crippen molar-refractivity contribution in [1.29, 1.82) is 0 Å². The summed E-state index contributed by atoms with van der Waals surface area (Å²) in [5.74, 6) is 0.993. The zero-order chi connectivity index (χ0) is 15.1. The monoisotopic (exact) mass is 289 g/mol. The molecule has 21 heavy (non-hydrogen) atoms. The topological polar surface area (TPSA) is 82.6 Å². The lowest BCUT2D eigenvalue weighted by atomic mass is 10.2. The second-order valence-electron chi connectivity index (χ2n) is 4.70. The number of rotatable bonds is 8. The summed E-state index contributed by atoms with van der Waals surface area (Å²) < 4.78 is 5.23. The molecule has 0 aliphatic heterocycles. The zero-order valence-corrected chi connectivity index (χ0v) is 11.7. The van der Waals surface area contributed by atoms with Crippen LogP contribution in [0.25, 0.3) is 11.4 Å². The highest BCUT2D eigenvalue weighted by Crippen LogP contribution is 2.15. The lowest BCUT2D eigenvalue weighted by molar-refractivity contribution is 0.0574. The number of hydrogen-bond acceptors (Lipinski definition) is 6. The lowest BCUT2D eigenvalue weighted by Gasteiger charge is -2.20. The first-order chi connectivity index (χ1) is 10.2. The summed E-state index contributed by atoms with van der Waals surface area (Å²) in [5.41, 5.74) is 0.887. The van der Waals surface area contributed by atoms with E-state index in [1.807, 2.05) is 35.2 Å². The minimum absolute atomic E-state index is 0.285. The fourth-order valence-corrected chi connectivity index (χ4v) is 1.96. The fourth-order valence-electron chi connectivity index (χ4n) is 1.96. The summed E-state index contributed by atoms with van der Waals surface area (Å²) in [4.78, 5) is 6.21. The molecule has 6 heteroatoms. The second kappa shape index (κ2) is 7.68. The molecule has 0 aliphatic carbocycles. The number of benzene rings is 1. The molecule has 1 atom stereocenters. The molecule has 0 saturated heterocycles. The van der Waals surface area contributed by atoms with Crippen LogP contribution in [0.2, 0.25) is 0 Å². The smallest absolute Gasteiger partial charge is 0.241 e. The fraction of sp³-hybridized carbons (Fsp3) is 0.333. The molecule has 1 heterocycles. The van der Waals surface area contributed by atoms with Crippen molar-refractivity contribution in [3.63, 3.8) is 0 Å². The molecule has 0 saturated carbocycles. The maximum atomic E-state index is 9.52. The van der Waals surface area contributed by atoms with Gasteiger partial charge in [0.15, 0.2) is 0 Å². The van der Waals surface area contributed by atoms with E-state index >= 15 is 0 Å². The van der Waals surface area contributed by atoms with Gasteiger partial charge in [-0.3, -0.25) is 4.90 Å². The summed E-state index contributed by atoms with van der Waals surface area (Å²) in [6.45, 7) is 4.65. The molecule has 112 valence electrons. The SMILES string of the molecule is C=CCN(Cc1nc(-c2ccccc2)no1)C[C@H](O)CO. The third-order valence-corrected chi connectivity index (χ3v) is 2.93. The Hall–Kier alpha value is -2.02. The highest BCUT2D eigenvalue weighted by atomic mass is 16.5. The first kappa shape index (κ1) is 15.4. The Balaban J connectivity index is 2.04. The average molecular weight is 289 g/mol. The summed E-state index contributed by atoms with van der Waals surface area (Å²) in [6.07, 6.45) is 0.917. The second-order valence-corrected chi connectivity index (χ2v) is 4.70. The average Bonchev–Trinajstić information content (AvgIpc) is 2.97. The van der Waals surface area contributed by atoms with Crippen molar-refractivity contribution in [2.45, 2.75) is 12.6 Å². The first-order valence-corrected chi connectivity index (χ1v) is 6.73. The van der Waals surface area contributed by atoms with E-state index in [0.717, 1.165) is 5.56 Å². The molecule has 0 radical (unpaired) electrons. The predicted molar refractivity (Wildman–Crippen MR) is 78.3 cm³/mol. The van der Waals surface area contributed by atoms with E-state index in [9.17, 15) is 5.11 Å². The van der Waals surface area contributed by atoms with Crippen molar-refractivity contribution in [2.75, 3.05) is 19.7 Å². The van der Waals surface area contributed by atoms with Crippen molar-refractivity contribution >= 4 is 0 Å². The molecule has 1 aromatic heterocycles. The van der Waals surface area contributed by atoms with Gasteiger partial charge < -0.3 is 14.7 Å². The largest absolute Gasteiger partial charge is 0.394 e. The normalized spacial score (nSPS) is 12.5. The third kappa shape index (κ3) is 4.49. The van der Waals surface area contributed by atoms with Crippen LogP contribution in [0.5, 0.6) is 0 Å². The summed E-state index contributed by atoms with van der Waals surface area (Å²) in [7, 11) is 0. The van der Waals surface area contributed by atoms with Crippen molar-refractivity contribution in [3.8, 4) is 11.4 Å². The Morgan fingerprint density at radius 2 is 2.10 bits per heavy atom. The number of nitrogens with zero attached hydrogens (tertiary/aromatic N) is 3. The van der Waals surface area contributed by atoms with Crippen LogP contribution in [0, 0.1) is 0 Å². The molecule has 6 nitrogen and oxygen atoms in total. The van der Waals surface area contributed by atoms with Crippen LogP contribution in [0.4, 0.5) is 0 Å². The van der Waals surface area contributed by atoms with Crippen LogP contribution in [0.3, 0.4) is 0 Å².